The molecule has 1 aromatic heterocycles. The van der Waals surface area contributed by atoms with Crippen molar-refractivity contribution in [2.45, 2.75) is 18.2 Å². The van der Waals surface area contributed by atoms with Crippen molar-refractivity contribution in [3.05, 3.63) is 53.3 Å². The standard InChI is InChI=1S/C13H13ClN2O2S/c1-2-10-6-7-15-9-13(10)16-19(17,18)12-5-3-4-11(14)8-12/h3-9,16H,2H2,1H3. The van der Waals surface area contributed by atoms with Crippen molar-refractivity contribution in [1.82, 2.24) is 4.98 Å². The first-order valence-electron chi connectivity index (χ1n) is 5.74. The number of halogens is 1. The second kappa shape index (κ2) is 5.59. The Labute approximate surface area is 117 Å². The quantitative estimate of drug-likeness (QED) is 0.943. The zero-order chi connectivity index (χ0) is 13.9. The first-order chi connectivity index (χ1) is 9.03. The van der Waals surface area contributed by atoms with Gasteiger partial charge in [0.2, 0.25) is 0 Å². The largest absolute Gasteiger partial charge is 0.278 e. The minimum Gasteiger partial charge on any atom is -0.278 e. The molecular weight excluding hydrogens is 284 g/mol. The smallest absolute Gasteiger partial charge is 0.262 e. The molecule has 0 aliphatic heterocycles. The van der Waals surface area contributed by atoms with E-state index in [2.05, 4.69) is 9.71 Å². The van der Waals surface area contributed by atoms with E-state index in [0.717, 1.165) is 12.0 Å². The van der Waals surface area contributed by atoms with E-state index in [1.807, 2.05) is 6.92 Å². The van der Waals surface area contributed by atoms with Gasteiger partial charge in [-0.3, -0.25) is 9.71 Å². The lowest BCUT2D eigenvalue weighted by Crippen LogP contribution is -2.14. The Morgan fingerprint density at radius 1 is 1.32 bits per heavy atom. The van der Waals surface area contributed by atoms with Gasteiger partial charge in [0.15, 0.2) is 0 Å². The van der Waals surface area contributed by atoms with E-state index in [9.17, 15) is 8.42 Å². The summed E-state index contributed by atoms with van der Waals surface area (Å²) in [4.78, 5) is 4.07. The summed E-state index contributed by atoms with van der Waals surface area (Å²) in [6.45, 7) is 1.95. The van der Waals surface area contributed by atoms with Gasteiger partial charge in [-0.2, -0.15) is 0 Å². The van der Waals surface area contributed by atoms with E-state index >= 15 is 0 Å². The van der Waals surface area contributed by atoms with E-state index in [4.69, 9.17) is 11.6 Å². The first kappa shape index (κ1) is 13.8. The fourth-order valence-corrected chi connectivity index (χ4v) is 3.05. The molecular formula is C13H13ClN2O2S. The molecule has 2 aromatic rings. The van der Waals surface area contributed by atoms with E-state index in [1.54, 1.807) is 24.4 Å². The van der Waals surface area contributed by atoms with E-state index < -0.39 is 10.0 Å². The zero-order valence-electron chi connectivity index (χ0n) is 10.3. The van der Waals surface area contributed by atoms with Crippen molar-refractivity contribution < 1.29 is 8.42 Å². The van der Waals surface area contributed by atoms with Crippen molar-refractivity contribution in [2.24, 2.45) is 0 Å². The summed E-state index contributed by atoms with van der Waals surface area (Å²) in [5.41, 5.74) is 1.38. The molecule has 0 unspecified atom stereocenters. The summed E-state index contributed by atoms with van der Waals surface area (Å²) in [5, 5.41) is 0.379. The van der Waals surface area contributed by atoms with Gasteiger partial charge in [-0.15, -0.1) is 0 Å². The number of anilines is 1. The van der Waals surface area contributed by atoms with Crippen molar-refractivity contribution in [2.75, 3.05) is 4.72 Å². The number of benzene rings is 1. The number of hydrogen-bond acceptors (Lipinski definition) is 3. The Bertz CT molecular complexity index is 687. The van der Waals surface area contributed by atoms with Gasteiger partial charge < -0.3 is 0 Å². The highest BCUT2D eigenvalue weighted by Crippen LogP contribution is 2.21. The molecule has 0 atom stereocenters. The third kappa shape index (κ3) is 3.24. The Kier molecular flexibility index (Phi) is 4.07. The average Bonchev–Trinajstić information content (AvgIpc) is 2.39. The Morgan fingerprint density at radius 3 is 2.79 bits per heavy atom. The number of nitrogens with zero attached hydrogens (tertiary/aromatic N) is 1. The predicted octanol–water partition coefficient (Wildman–Crippen LogP) is 3.10. The van der Waals surface area contributed by atoms with E-state index in [-0.39, 0.29) is 4.90 Å². The summed E-state index contributed by atoms with van der Waals surface area (Å²) < 4.78 is 27.0. The lowest BCUT2D eigenvalue weighted by molar-refractivity contribution is 0.601. The van der Waals surface area contributed by atoms with Crippen LogP contribution in [0.3, 0.4) is 0 Å². The Morgan fingerprint density at radius 2 is 2.11 bits per heavy atom. The van der Waals surface area contributed by atoms with Gasteiger partial charge in [-0.1, -0.05) is 24.6 Å². The molecule has 0 radical (unpaired) electrons. The van der Waals surface area contributed by atoms with E-state index in [1.165, 1.54) is 18.3 Å². The SMILES string of the molecule is CCc1ccncc1NS(=O)(=O)c1cccc(Cl)c1. The van der Waals surface area contributed by atoms with Crippen LogP contribution in [0, 0.1) is 0 Å². The van der Waals surface area contributed by atoms with Gasteiger partial charge in [0, 0.05) is 11.2 Å². The fraction of sp³-hybridized carbons (Fsp3) is 0.154. The number of aromatic nitrogens is 1. The second-order valence-electron chi connectivity index (χ2n) is 3.95. The third-order valence-electron chi connectivity index (χ3n) is 2.64. The predicted molar refractivity (Wildman–Crippen MR) is 75.9 cm³/mol. The van der Waals surface area contributed by atoms with Crippen molar-refractivity contribution in [3.8, 4) is 0 Å². The average molecular weight is 297 g/mol. The highest BCUT2D eigenvalue weighted by Gasteiger charge is 2.15. The lowest BCUT2D eigenvalue weighted by atomic mass is 10.2. The summed E-state index contributed by atoms with van der Waals surface area (Å²) in [7, 11) is -3.64. The van der Waals surface area contributed by atoms with Crippen LogP contribution >= 0.6 is 11.6 Å². The molecule has 0 aliphatic carbocycles. The molecule has 100 valence electrons. The number of nitrogens with one attached hydrogen (secondary N) is 1. The van der Waals surface area contributed by atoms with Crippen molar-refractivity contribution in [1.29, 1.82) is 0 Å². The van der Waals surface area contributed by atoms with Gasteiger partial charge in [0.1, 0.15) is 0 Å². The molecule has 1 N–H and O–H groups in total. The molecule has 0 bridgehead atoms. The molecule has 19 heavy (non-hydrogen) atoms. The molecule has 0 saturated carbocycles. The Balaban J connectivity index is 2.37. The third-order valence-corrected chi connectivity index (χ3v) is 4.24. The number of rotatable bonds is 4. The molecule has 1 heterocycles. The van der Waals surface area contributed by atoms with Crippen LogP contribution in [0.25, 0.3) is 0 Å². The highest BCUT2D eigenvalue weighted by molar-refractivity contribution is 7.92. The molecule has 4 nitrogen and oxygen atoms in total. The monoisotopic (exact) mass is 296 g/mol. The number of aryl methyl sites for hydroxylation is 1. The number of sulfonamides is 1. The first-order valence-corrected chi connectivity index (χ1v) is 7.60. The van der Waals surface area contributed by atoms with Gasteiger partial charge >= 0.3 is 0 Å². The molecule has 6 heteroatoms. The topological polar surface area (TPSA) is 59.1 Å². The van der Waals surface area contributed by atoms with Gasteiger partial charge in [0.25, 0.3) is 10.0 Å². The van der Waals surface area contributed by atoms with E-state index in [0.29, 0.717) is 10.7 Å². The molecule has 1 aromatic carbocycles. The fourth-order valence-electron chi connectivity index (χ4n) is 1.66. The minimum atomic E-state index is -3.64. The van der Waals surface area contributed by atoms with Gasteiger partial charge in [0.05, 0.1) is 16.8 Å². The minimum absolute atomic E-state index is 0.130. The number of hydrogen-bond donors (Lipinski definition) is 1. The summed E-state index contributed by atoms with van der Waals surface area (Å²) in [6, 6.07) is 7.92. The molecule has 0 fully saturated rings. The van der Waals surface area contributed by atoms with Crippen LogP contribution in [0.1, 0.15) is 12.5 Å². The zero-order valence-corrected chi connectivity index (χ0v) is 11.9. The lowest BCUT2D eigenvalue weighted by Gasteiger charge is -2.11. The maximum atomic E-state index is 12.2. The van der Waals surface area contributed by atoms with Gasteiger partial charge in [-0.05, 0) is 36.2 Å². The molecule has 2 rings (SSSR count). The summed E-state index contributed by atoms with van der Waals surface area (Å²) in [5.74, 6) is 0. The van der Waals surface area contributed by atoms with Crippen LogP contribution in [0.5, 0.6) is 0 Å². The van der Waals surface area contributed by atoms with Crippen LogP contribution in [0.2, 0.25) is 5.02 Å². The van der Waals surface area contributed by atoms with Crippen LogP contribution in [0.15, 0.2) is 47.6 Å². The van der Waals surface area contributed by atoms with Crippen LogP contribution in [-0.2, 0) is 16.4 Å². The maximum Gasteiger partial charge on any atom is 0.262 e. The van der Waals surface area contributed by atoms with Crippen LogP contribution < -0.4 is 4.72 Å². The van der Waals surface area contributed by atoms with Gasteiger partial charge in [-0.25, -0.2) is 8.42 Å². The van der Waals surface area contributed by atoms with Crippen molar-refractivity contribution >= 4 is 27.3 Å². The Hall–Kier alpha value is -1.59. The summed E-state index contributed by atoms with van der Waals surface area (Å²) in [6.07, 6.45) is 3.85. The molecule has 0 amide bonds. The normalized spacial score (nSPS) is 11.3. The summed E-state index contributed by atoms with van der Waals surface area (Å²) >= 11 is 5.81. The number of pyridine rings is 1. The van der Waals surface area contributed by atoms with Crippen LogP contribution in [0.4, 0.5) is 5.69 Å². The molecule has 0 aliphatic rings. The molecule has 0 saturated heterocycles. The van der Waals surface area contributed by atoms with Crippen molar-refractivity contribution in [3.63, 3.8) is 0 Å². The highest BCUT2D eigenvalue weighted by atomic mass is 35.5. The maximum absolute atomic E-state index is 12.2. The molecule has 0 spiro atoms. The van der Waals surface area contributed by atoms with Crippen LogP contribution in [-0.4, -0.2) is 13.4 Å². The second-order valence-corrected chi connectivity index (χ2v) is 6.07.